The Bertz CT molecular complexity index is 1250. The Hall–Kier alpha value is -4.58. The Morgan fingerprint density at radius 2 is 1.18 bits per heavy atom. The zero-order valence-corrected chi connectivity index (χ0v) is 18.4. The van der Waals surface area contributed by atoms with Crippen LogP contribution in [-0.2, 0) is 13.1 Å². The number of hydrogen-bond donors (Lipinski definition) is 2. The van der Waals surface area contributed by atoms with E-state index >= 15 is 0 Å². The van der Waals surface area contributed by atoms with Crippen LogP contribution in [0.1, 0.15) is 22.3 Å². The molecule has 0 unspecified atom stereocenters. The lowest BCUT2D eigenvalue weighted by Gasteiger charge is -2.25. The van der Waals surface area contributed by atoms with Crippen LogP contribution < -0.4 is 4.90 Å². The van der Waals surface area contributed by atoms with E-state index in [0.29, 0.717) is 13.1 Å². The molecule has 0 atom stereocenters. The molecule has 0 fully saturated rings. The van der Waals surface area contributed by atoms with Gasteiger partial charge in [0.2, 0.25) is 0 Å². The van der Waals surface area contributed by atoms with E-state index in [1.54, 1.807) is 36.4 Å². The predicted octanol–water partition coefficient (Wildman–Crippen LogP) is 6.38. The predicted molar refractivity (Wildman–Crippen MR) is 135 cm³/mol. The maximum absolute atomic E-state index is 10.8. The lowest BCUT2D eigenvalue weighted by molar-refractivity contribution is -0.384. The number of nitro benzene ring substituents is 1. The van der Waals surface area contributed by atoms with E-state index in [2.05, 4.69) is 4.90 Å². The first-order valence-electron chi connectivity index (χ1n) is 10.8. The quantitative estimate of drug-likeness (QED) is 0.184. The van der Waals surface area contributed by atoms with Gasteiger partial charge in [-0.05, 0) is 70.8 Å². The number of aromatic hydroxyl groups is 2. The van der Waals surface area contributed by atoms with Gasteiger partial charge in [-0.15, -0.1) is 0 Å². The minimum atomic E-state index is -0.411. The largest absolute Gasteiger partial charge is 0.508 e. The summed E-state index contributed by atoms with van der Waals surface area (Å²) < 4.78 is 0. The number of rotatable bonds is 8. The average Bonchev–Trinajstić information content (AvgIpc) is 2.83. The zero-order valence-electron chi connectivity index (χ0n) is 18.4. The van der Waals surface area contributed by atoms with Crippen molar-refractivity contribution in [2.45, 2.75) is 13.1 Å². The Kier molecular flexibility index (Phi) is 6.89. The van der Waals surface area contributed by atoms with Crippen LogP contribution in [0.25, 0.3) is 12.2 Å². The molecule has 0 heterocycles. The van der Waals surface area contributed by atoms with Crippen LogP contribution in [0.5, 0.6) is 11.5 Å². The highest BCUT2D eigenvalue weighted by atomic mass is 16.6. The minimum Gasteiger partial charge on any atom is -0.508 e. The maximum atomic E-state index is 10.8. The molecule has 0 aliphatic heterocycles. The lowest BCUT2D eigenvalue weighted by Crippen LogP contribution is -2.22. The van der Waals surface area contributed by atoms with Crippen molar-refractivity contribution in [2.24, 2.45) is 0 Å². The van der Waals surface area contributed by atoms with Gasteiger partial charge in [0.05, 0.1) is 4.92 Å². The first-order chi connectivity index (χ1) is 16.5. The molecule has 0 radical (unpaired) electrons. The third-order valence-corrected chi connectivity index (χ3v) is 5.40. The van der Waals surface area contributed by atoms with Crippen molar-refractivity contribution in [2.75, 3.05) is 4.90 Å². The molecule has 0 amide bonds. The van der Waals surface area contributed by atoms with Crippen molar-refractivity contribution in [1.29, 1.82) is 0 Å². The van der Waals surface area contributed by atoms with Crippen LogP contribution in [0.15, 0.2) is 97.1 Å². The summed E-state index contributed by atoms with van der Waals surface area (Å²) in [6.07, 6.45) is 3.87. The topological polar surface area (TPSA) is 86.8 Å². The van der Waals surface area contributed by atoms with E-state index in [-0.39, 0.29) is 17.2 Å². The number of hydrogen-bond acceptors (Lipinski definition) is 5. The zero-order chi connectivity index (χ0) is 23.9. The summed E-state index contributed by atoms with van der Waals surface area (Å²) in [7, 11) is 0. The smallest absolute Gasteiger partial charge is 0.269 e. The second kappa shape index (κ2) is 10.4. The summed E-state index contributed by atoms with van der Waals surface area (Å²) >= 11 is 0. The molecule has 0 aliphatic rings. The molecular weight excluding hydrogens is 428 g/mol. The van der Waals surface area contributed by atoms with Gasteiger partial charge in [0.25, 0.3) is 5.69 Å². The highest BCUT2D eigenvalue weighted by molar-refractivity contribution is 5.71. The number of anilines is 1. The van der Waals surface area contributed by atoms with E-state index in [4.69, 9.17) is 0 Å². The van der Waals surface area contributed by atoms with Gasteiger partial charge in [0, 0.05) is 30.9 Å². The maximum Gasteiger partial charge on any atom is 0.269 e. The Labute approximate surface area is 197 Å². The second-order valence-electron chi connectivity index (χ2n) is 7.97. The minimum absolute atomic E-state index is 0.0695. The molecule has 0 aromatic heterocycles. The number of phenols is 2. The lowest BCUT2D eigenvalue weighted by atomic mass is 10.1. The summed E-state index contributed by atoms with van der Waals surface area (Å²) in [5.74, 6) is 0.447. The van der Waals surface area contributed by atoms with E-state index in [0.717, 1.165) is 27.9 Å². The van der Waals surface area contributed by atoms with E-state index in [1.165, 1.54) is 12.1 Å². The molecule has 0 saturated carbocycles. The number of benzene rings is 4. The number of nitro groups is 1. The van der Waals surface area contributed by atoms with Gasteiger partial charge in [-0.1, -0.05) is 48.6 Å². The first kappa shape index (κ1) is 22.6. The van der Waals surface area contributed by atoms with Crippen molar-refractivity contribution < 1.29 is 15.1 Å². The molecule has 0 saturated heterocycles. The summed E-state index contributed by atoms with van der Waals surface area (Å²) in [5, 5.41) is 30.5. The van der Waals surface area contributed by atoms with Gasteiger partial charge in [-0.25, -0.2) is 0 Å². The van der Waals surface area contributed by atoms with Gasteiger partial charge in [-0.2, -0.15) is 0 Å². The number of phenolic OH excluding ortho intramolecular Hbond substituents is 2. The molecule has 170 valence electrons. The second-order valence-corrected chi connectivity index (χ2v) is 7.97. The molecular formula is C28H24N2O4. The van der Waals surface area contributed by atoms with Crippen LogP contribution in [0.2, 0.25) is 0 Å². The Morgan fingerprint density at radius 1 is 0.706 bits per heavy atom. The summed E-state index contributed by atoms with van der Waals surface area (Å²) in [5.41, 5.74) is 4.89. The van der Waals surface area contributed by atoms with Crippen molar-refractivity contribution in [3.05, 3.63) is 129 Å². The molecule has 6 nitrogen and oxygen atoms in total. The number of non-ortho nitro benzene ring substituents is 1. The van der Waals surface area contributed by atoms with Crippen LogP contribution in [0, 0.1) is 10.1 Å². The summed E-state index contributed by atoms with van der Waals surface area (Å²) in [6.45, 7) is 1.17. The van der Waals surface area contributed by atoms with Crippen molar-refractivity contribution in [3.8, 4) is 11.5 Å². The summed E-state index contributed by atoms with van der Waals surface area (Å²) in [4.78, 5) is 12.6. The average molecular weight is 453 g/mol. The molecule has 0 aliphatic carbocycles. The Morgan fingerprint density at radius 3 is 1.62 bits per heavy atom. The highest BCUT2D eigenvalue weighted by Crippen LogP contribution is 2.24. The molecule has 4 aromatic carbocycles. The fourth-order valence-corrected chi connectivity index (χ4v) is 3.68. The van der Waals surface area contributed by atoms with E-state index < -0.39 is 4.92 Å². The van der Waals surface area contributed by atoms with Crippen molar-refractivity contribution >= 4 is 23.5 Å². The van der Waals surface area contributed by atoms with E-state index in [1.807, 2.05) is 60.7 Å². The van der Waals surface area contributed by atoms with Gasteiger partial charge in [0.15, 0.2) is 0 Å². The first-order valence-corrected chi connectivity index (χ1v) is 10.8. The molecule has 2 N–H and O–H groups in total. The molecule has 6 heteroatoms. The molecule has 0 bridgehead atoms. The van der Waals surface area contributed by atoms with Crippen molar-refractivity contribution in [3.63, 3.8) is 0 Å². The Balaban J connectivity index is 1.54. The fourth-order valence-electron chi connectivity index (χ4n) is 3.68. The standard InChI is InChI=1S/C28H24N2O4/c31-27-5-1-3-23(17-27)19-29(20-24-4-2-6-28(32)18-24)25-13-9-21(10-14-25)7-8-22-11-15-26(16-12-22)30(33)34/h1-18,31-32H,19-20H2. The van der Waals surface area contributed by atoms with Gasteiger partial charge < -0.3 is 15.1 Å². The van der Waals surface area contributed by atoms with Crippen molar-refractivity contribution in [1.82, 2.24) is 0 Å². The van der Waals surface area contributed by atoms with Gasteiger partial charge >= 0.3 is 0 Å². The third-order valence-electron chi connectivity index (χ3n) is 5.40. The van der Waals surface area contributed by atoms with Crippen LogP contribution in [0.4, 0.5) is 11.4 Å². The normalized spacial score (nSPS) is 10.9. The van der Waals surface area contributed by atoms with Crippen LogP contribution in [0.3, 0.4) is 0 Å². The number of nitrogens with zero attached hydrogens (tertiary/aromatic N) is 2. The molecule has 4 aromatic rings. The molecule has 34 heavy (non-hydrogen) atoms. The summed E-state index contributed by atoms with van der Waals surface area (Å²) in [6, 6.07) is 28.9. The fraction of sp³-hybridized carbons (Fsp3) is 0.0714. The van der Waals surface area contributed by atoms with Crippen LogP contribution >= 0.6 is 0 Å². The molecule has 4 rings (SSSR count). The van der Waals surface area contributed by atoms with Crippen LogP contribution in [-0.4, -0.2) is 15.1 Å². The molecule has 0 spiro atoms. The SMILES string of the molecule is O=[N+]([O-])c1ccc(C=Cc2ccc(N(Cc3cccc(O)c3)Cc3cccc(O)c3)cc2)cc1. The monoisotopic (exact) mass is 452 g/mol. The van der Waals surface area contributed by atoms with E-state index in [9.17, 15) is 20.3 Å². The highest BCUT2D eigenvalue weighted by Gasteiger charge is 2.10. The van der Waals surface area contributed by atoms with Gasteiger partial charge in [-0.3, -0.25) is 10.1 Å². The third kappa shape index (κ3) is 6.01. The van der Waals surface area contributed by atoms with Gasteiger partial charge in [0.1, 0.15) is 11.5 Å².